The average molecular weight is 487 g/mol. The normalized spacial score (nSPS) is 24.6. The van der Waals surface area contributed by atoms with Crippen LogP contribution in [0.5, 0.6) is 0 Å². The van der Waals surface area contributed by atoms with E-state index in [2.05, 4.69) is 5.32 Å². The zero-order valence-corrected chi connectivity index (χ0v) is 18.4. The Bertz CT molecular complexity index is 867. The van der Waals surface area contributed by atoms with Crippen molar-refractivity contribution in [3.8, 4) is 0 Å². The van der Waals surface area contributed by atoms with Gasteiger partial charge in [0.25, 0.3) is 0 Å². The summed E-state index contributed by atoms with van der Waals surface area (Å²) in [5, 5.41) is 2.60. The first-order chi connectivity index (χ1) is 14.0. The molecule has 0 bridgehead atoms. The summed E-state index contributed by atoms with van der Waals surface area (Å²) in [5.41, 5.74) is 0. The molecule has 11 heteroatoms. The first-order valence-corrected chi connectivity index (χ1v) is 12.0. The van der Waals surface area contributed by atoms with Gasteiger partial charge in [0.05, 0.1) is 16.0 Å². The molecule has 0 spiro atoms. The van der Waals surface area contributed by atoms with Crippen molar-refractivity contribution in [3.05, 3.63) is 28.2 Å². The van der Waals surface area contributed by atoms with Crippen LogP contribution in [0.2, 0.25) is 10.0 Å². The Labute approximate surface area is 183 Å². The quantitative estimate of drug-likeness (QED) is 0.674. The summed E-state index contributed by atoms with van der Waals surface area (Å²) in [7, 11) is -3.94. The molecule has 3 rings (SSSR count). The maximum atomic E-state index is 13.2. The summed E-state index contributed by atoms with van der Waals surface area (Å²) < 4.78 is 66.8. The van der Waals surface area contributed by atoms with Gasteiger partial charge in [-0.1, -0.05) is 42.1 Å². The topological polar surface area (TPSA) is 66.5 Å². The lowest BCUT2D eigenvalue weighted by Crippen LogP contribution is -2.51. The third-order valence-corrected chi connectivity index (χ3v) is 8.71. The number of benzene rings is 1. The second kappa shape index (κ2) is 9.22. The Morgan fingerprint density at radius 2 is 1.60 bits per heavy atom. The molecular weight excluding hydrogens is 464 g/mol. The van der Waals surface area contributed by atoms with E-state index in [1.54, 1.807) is 6.07 Å². The summed E-state index contributed by atoms with van der Waals surface area (Å²) in [6.45, 7) is 0.130. The molecule has 30 heavy (non-hydrogen) atoms. The number of piperidine rings is 1. The first kappa shape index (κ1) is 23.6. The molecule has 2 atom stereocenters. The zero-order valence-electron chi connectivity index (χ0n) is 16.1. The SMILES string of the molecule is O=C(NC1CCCCC1C(F)(F)F)C1CCN(S(=O)(=O)c2c(Cl)cccc2Cl)CC1. The molecule has 1 saturated heterocycles. The number of hydrogen-bond acceptors (Lipinski definition) is 3. The molecule has 1 aromatic rings. The van der Waals surface area contributed by atoms with E-state index >= 15 is 0 Å². The third-order valence-electron chi connectivity index (χ3n) is 5.86. The lowest BCUT2D eigenvalue weighted by atomic mass is 9.83. The molecule has 2 aliphatic rings. The Hall–Kier alpha value is -1.03. The van der Waals surface area contributed by atoms with Crippen LogP contribution in [0.1, 0.15) is 38.5 Å². The van der Waals surface area contributed by atoms with Gasteiger partial charge in [-0.15, -0.1) is 0 Å². The molecule has 1 aliphatic heterocycles. The number of nitrogens with zero attached hydrogens (tertiary/aromatic N) is 1. The number of rotatable bonds is 4. The molecular formula is C19H23Cl2F3N2O3S. The minimum absolute atomic E-state index is 0.0119. The van der Waals surface area contributed by atoms with Gasteiger partial charge in [-0.05, 0) is 37.8 Å². The number of carbonyl (C=O) groups excluding carboxylic acids is 1. The van der Waals surface area contributed by atoms with Crippen molar-refractivity contribution in [3.63, 3.8) is 0 Å². The first-order valence-electron chi connectivity index (χ1n) is 9.83. The molecule has 0 aromatic heterocycles. The maximum absolute atomic E-state index is 13.2. The largest absolute Gasteiger partial charge is 0.393 e. The number of halogens is 5. The second-order valence-corrected chi connectivity index (χ2v) is 10.5. The molecule has 168 valence electrons. The second-order valence-electron chi connectivity index (χ2n) is 7.78. The van der Waals surface area contributed by atoms with Crippen LogP contribution in [-0.4, -0.2) is 43.9 Å². The van der Waals surface area contributed by atoms with E-state index in [1.165, 1.54) is 16.4 Å². The van der Waals surface area contributed by atoms with Gasteiger partial charge in [0, 0.05) is 25.0 Å². The number of carbonyl (C=O) groups is 1. The summed E-state index contributed by atoms with van der Waals surface area (Å²) in [5.74, 6) is -2.50. The van der Waals surface area contributed by atoms with E-state index in [9.17, 15) is 26.4 Å². The summed E-state index contributed by atoms with van der Waals surface area (Å²) in [6, 6.07) is 3.48. The summed E-state index contributed by atoms with van der Waals surface area (Å²) >= 11 is 12.0. The van der Waals surface area contributed by atoms with Gasteiger partial charge in [0.15, 0.2) is 0 Å². The van der Waals surface area contributed by atoms with Crippen LogP contribution >= 0.6 is 23.2 Å². The Morgan fingerprint density at radius 3 is 2.17 bits per heavy atom. The Kier molecular flexibility index (Phi) is 7.26. The minimum Gasteiger partial charge on any atom is -0.353 e. The van der Waals surface area contributed by atoms with Gasteiger partial charge < -0.3 is 5.32 Å². The fourth-order valence-electron chi connectivity index (χ4n) is 4.21. The van der Waals surface area contributed by atoms with Gasteiger partial charge in [-0.3, -0.25) is 4.79 Å². The monoisotopic (exact) mass is 486 g/mol. The molecule has 0 radical (unpaired) electrons. The average Bonchev–Trinajstić information content (AvgIpc) is 2.67. The van der Waals surface area contributed by atoms with Gasteiger partial charge in [0.2, 0.25) is 15.9 Å². The summed E-state index contributed by atoms with van der Waals surface area (Å²) in [6.07, 6.45) is -2.45. The van der Waals surface area contributed by atoms with E-state index < -0.39 is 40.0 Å². The molecule has 1 saturated carbocycles. The van der Waals surface area contributed by atoms with Crippen molar-refractivity contribution in [2.75, 3.05) is 13.1 Å². The molecule has 2 fully saturated rings. The van der Waals surface area contributed by atoms with Crippen LogP contribution < -0.4 is 5.32 Å². The van der Waals surface area contributed by atoms with Crippen LogP contribution in [0.3, 0.4) is 0 Å². The molecule has 1 aromatic carbocycles. The third kappa shape index (κ3) is 5.06. The number of sulfonamides is 1. The predicted molar refractivity (Wildman–Crippen MR) is 108 cm³/mol. The highest BCUT2D eigenvalue weighted by Gasteiger charge is 2.46. The van der Waals surface area contributed by atoms with Gasteiger partial charge >= 0.3 is 6.18 Å². The predicted octanol–water partition coefficient (Wildman–Crippen LogP) is 4.63. The maximum Gasteiger partial charge on any atom is 0.393 e. The number of nitrogens with one attached hydrogen (secondary N) is 1. The molecule has 1 N–H and O–H groups in total. The highest BCUT2D eigenvalue weighted by Crippen LogP contribution is 2.38. The van der Waals surface area contributed by atoms with Crippen LogP contribution in [0.4, 0.5) is 13.2 Å². The van der Waals surface area contributed by atoms with Crippen molar-refractivity contribution in [2.24, 2.45) is 11.8 Å². The van der Waals surface area contributed by atoms with Crippen molar-refractivity contribution >= 4 is 39.1 Å². The van der Waals surface area contributed by atoms with E-state index in [1.807, 2.05) is 0 Å². The van der Waals surface area contributed by atoms with E-state index in [0.29, 0.717) is 19.3 Å². The highest BCUT2D eigenvalue weighted by molar-refractivity contribution is 7.89. The van der Waals surface area contributed by atoms with Crippen molar-refractivity contribution in [2.45, 2.75) is 55.6 Å². The molecule has 1 amide bonds. The van der Waals surface area contributed by atoms with Crippen LogP contribution in [-0.2, 0) is 14.8 Å². The van der Waals surface area contributed by atoms with Crippen molar-refractivity contribution in [1.82, 2.24) is 9.62 Å². The van der Waals surface area contributed by atoms with Gasteiger partial charge in [-0.25, -0.2) is 8.42 Å². The van der Waals surface area contributed by atoms with Crippen LogP contribution in [0.25, 0.3) is 0 Å². The Balaban J connectivity index is 1.63. The van der Waals surface area contributed by atoms with Crippen LogP contribution in [0, 0.1) is 11.8 Å². The fourth-order valence-corrected chi connectivity index (χ4v) is 6.77. The Morgan fingerprint density at radius 1 is 1.03 bits per heavy atom. The minimum atomic E-state index is -4.34. The van der Waals surface area contributed by atoms with E-state index in [0.717, 1.165) is 0 Å². The molecule has 5 nitrogen and oxygen atoms in total. The van der Waals surface area contributed by atoms with Crippen LogP contribution in [0.15, 0.2) is 23.1 Å². The molecule has 2 unspecified atom stereocenters. The van der Waals surface area contributed by atoms with E-state index in [-0.39, 0.29) is 47.3 Å². The standard InChI is InChI=1S/C19H23Cl2F3N2O3S/c20-14-5-3-6-15(21)17(14)30(28,29)26-10-8-12(9-11-26)18(27)25-16-7-2-1-4-13(16)19(22,23)24/h3,5-6,12-13,16H,1-2,4,7-11H2,(H,25,27). The van der Waals surface area contributed by atoms with Crippen molar-refractivity contribution in [1.29, 1.82) is 0 Å². The highest BCUT2D eigenvalue weighted by atomic mass is 35.5. The summed E-state index contributed by atoms with van der Waals surface area (Å²) in [4.78, 5) is 12.4. The van der Waals surface area contributed by atoms with E-state index in [4.69, 9.17) is 23.2 Å². The van der Waals surface area contributed by atoms with Crippen molar-refractivity contribution < 1.29 is 26.4 Å². The number of hydrogen-bond donors (Lipinski definition) is 1. The lowest BCUT2D eigenvalue weighted by molar-refractivity contribution is -0.189. The lowest BCUT2D eigenvalue weighted by Gasteiger charge is -2.36. The number of alkyl halides is 3. The molecule has 1 aliphatic carbocycles. The number of amides is 1. The van der Waals surface area contributed by atoms with Gasteiger partial charge in [0.1, 0.15) is 4.90 Å². The smallest absolute Gasteiger partial charge is 0.353 e. The fraction of sp³-hybridized carbons (Fsp3) is 0.632. The molecule has 1 heterocycles. The van der Waals surface area contributed by atoms with Gasteiger partial charge in [-0.2, -0.15) is 17.5 Å². The zero-order chi connectivity index (χ0) is 22.1.